The molecule has 0 N–H and O–H groups in total. The van der Waals surface area contributed by atoms with Crippen molar-refractivity contribution in [1.82, 2.24) is 19.7 Å². The van der Waals surface area contributed by atoms with Gasteiger partial charge in [-0.2, -0.15) is 5.10 Å². The van der Waals surface area contributed by atoms with Crippen LogP contribution in [0.25, 0.3) is 10.9 Å². The predicted octanol–water partition coefficient (Wildman–Crippen LogP) is 5.73. The minimum absolute atomic E-state index is 0.0158. The van der Waals surface area contributed by atoms with E-state index in [-0.39, 0.29) is 18.3 Å². The van der Waals surface area contributed by atoms with Crippen LogP contribution < -0.4 is 0 Å². The summed E-state index contributed by atoms with van der Waals surface area (Å²) in [6, 6.07) is 8.62. The Morgan fingerprint density at radius 1 is 1.19 bits per heavy atom. The number of pyridine rings is 1. The molecule has 0 spiro atoms. The van der Waals surface area contributed by atoms with Gasteiger partial charge in [-0.25, -0.2) is 9.07 Å². The molecule has 1 aliphatic carbocycles. The van der Waals surface area contributed by atoms with Gasteiger partial charge >= 0.3 is 0 Å². The maximum absolute atomic E-state index is 15.0. The monoisotopic (exact) mass is 498 g/mol. The molecule has 168 valence electrons. The van der Waals surface area contributed by atoms with Gasteiger partial charge in [0, 0.05) is 35.2 Å². The van der Waals surface area contributed by atoms with Crippen molar-refractivity contribution in [2.75, 3.05) is 13.2 Å². The normalized spacial score (nSPS) is 27.4. The summed E-state index contributed by atoms with van der Waals surface area (Å²) < 4.78 is 24.0. The van der Waals surface area contributed by atoms with Gasteiger partial charge in [-0.15, -0.1) is 0 Å². The molecule has 4 heterocycles. The highest BCUT2D eigenvalue weighted by Crippen LogP contribution is 2.46. The summed E-state index contributed by atoms with van der Waals surface area (Å²) in [5, 5.41) is 5.93. The Morgan fingerprint density at radius 2 is 2.06 bits per heavy atom. The number of fused-ring (bicyclic) bond motifs is 3. The van der Waals surface area contributed by atoms with E-state index in [1.165, 1.54) is 22.9 Å². The molecule has 2 aromatic heterocycles. The van der Waals surface area contributed by atoms with Crippen LogP contribution in [0.1, 0.15) is 68.1 Å². The fraction of sp³-hybridized carbons (Fsp3) is 0.520. The quantitative estimate of drug-likeness (QED) is 0.460. The van der Waals surface area contributed by atoms with E-state index in [4.69, 9.17) is 14.8 Å². The molecule has 6 rings (SSSR count). The van der Waals surface area contributed by atoms with Gasteiger partial charge in [-0.3, -0.25) is 9.88 Å². The lowest BCUT2D eigenvalue weighted by atomic mass is 9.84. The molecule has 0 bridgehead atoms. The first-order chi connectivity index (χ1) is 15.5. The summed E-state index contributed by atoms with van der Waals surface area (Å²) in [6.07, 6.45) is 9.36. The lowest BCUT2D eigenvalue weighted by molar-refractivity contribution is -0.0366. The van der Waals surface area contributed by atoms with Crippen molar-refractivity contribution < 1.29 is 9.13 Å². The Balaban J connectivity index is 1.46. The third-order valence-corrected chi connectivity index (χ3v) is 7.81. The molecule has 3 aromatic rings. The van der Waals surface area contributed by atoms with E-state index < -0.39 is 5.67 Å². The molecule has 0 amide bonds. The zero-order valence-corrected chi connectivity index (χ0v) is 19.9. The van der Waals surface area contributed by atoms with Crippen molar-refractivity contribution in [3.05, 3.63) is 58.0 Å². The van der Waals surface area contributed by atoms with Gasteiger partial charge in [0.15, 0.2) is 6.23 Å². The molecule has 0 radical (unpaired) electrons. The van der Waals surface area contributed by atoms with E-state index in [0.717, 1.165) is 41.6 Å². The number of rotatable bonds is 4. The fourth-order valence-electron chi connectivity index (χ4n) is 5.42. The van der Waals surface area contributed by atoms with Crippen molar-refractivity contribution in [1.29, 1.82) is 0 Å². The smallest absolute Gasteiger partial charge is 0.150 e. The van der Waals surface area contributed by atoms with Crippen molar-refractivity contribution >= 4 is 26.8 Å². The first-order valence-corrected chi connectivity index (χ1v) is 12.5. The van der Waals surface area contributed by atoms with Crippen molar-refractivity contribution in [2.24, 2.45) is 0 Å². The summed E-state index contributed by atoms with van der Waals surface area (Å²) in [5.74, 6) is 0. The van der Waals surface area contributed by atoms with E-state index in [0.29, 0.717) is 19.4 Å². The van der Waals surface area contributed by atoms with Gasteiger partial charge in [0.25, 0.3) is 0 Å². The number of alkyl halides is 1. The number of aromatic nitrogens is 3. The van der Waals surface area contributed by atoms with Crippen LogP contribution in [0, 0.1) is 0 Å². The van der Waals surface area contributed by atoms with Crippen LogP contribution in [-0.2, 0) is 11.2 Å². The first-order valence-electron chi connectivity index (χ1n) is 11.7. The maximum Gasteiger partial charge on any atom is 0.150 e. The summed E-state index contributed by atoms with van der Waals surface area (Å²) >= 11 is 3.50. The zero-order chi connectivity index (χ0) is 21.9. The average Bonchev–Trinajstić information content (AvgIpc) is 3.37. The van der Waals surface area contributed by atoms with Crippen LogP contribution in [0.3, 0.4) is 0 Å². The molecule has 7 heteroatoms. The first kappa shape index (κ1) is 20.8. The second kappa shape index (κ2) is 7.89. The molecule has 32 heavy (non-hydrogen) atoms. The maximum atomic E-state index is 15.0. The number of ether oxygens (including phenoxy) is 1. The van der Waals surface area contributed by atoms with Gasteiger partial charge in [0.1, 0.15) is 5.67 Å². The molecule has 3 aliphatic rings. The topological polar surface area (TPSA) is 43.2 Å². The Hall–Kier alpha value is -1.83. The minimum Gasteiger partial charge on any atom is -0.356 e. The van der Waals surface area contributed by atoms with E-state index >= 15 is 0 Å². The average molecular weight is 499 g/mol. The second-order valence-electron chi connectivity index (χ2n) is 9.66. The fourth-order valence-corrected chi connectivity index (χ4v) is 5.65. The Labute approximate surface area is 196 Å². The van der Waals surface area contributed by atoms with Crippen molar-refractivity contribution in [3.63, 3.8) is 0 Å². The molecular formula is C25H28BrFN4O. The van der Waals surface area contributed by atoms with Crippen LogP contribution >= 0.6 is 15.9 Å². The number of hydrogen-bond donors (Lipinski definition) is 0. The number of hydrogen-bond acceptors (Lipinski definition) is 4. The largest absolute Gasteiger partial charge is 0.356 e. The molecular weight excluding hydrogens is 471 g/mol. The van der Waals surface area contributed by atoms with Gasteiger partial charge < -0.3 is 4.74 Å². The number of benzene rings is 1. The molecule has 1 saturated heterocycles. The van der Waals surface area contributed by atoms with Crippen LogP contribution in [0.2, 0.25) is 0 Å². The molecule has 1 aromatic carbocycles. The molecule has 2 unspecified atom stereocenters. The van der Waals surface area contributed by atoms with Crippen molar-refractivity contribution in [2.45, 2.75) is 69.4 Å². The molecule has 2 fully saturated rings. The molecule has 5 nitrogen and oxygen atoms in total. The highest BCUT2D eigenvalue weighted by Gasteiger charge is 2.48. The Morgan fingerprint density at radius 3 is 2.78 bits per heavy atom. The van der Waals surface area contributed by atoms with Gasteiger partial charge in [-0.05, 0) is 90.7 Å². The van der Waals surface area contributed by atoms with Crippen LogP contribution in [0.4, 0.5) is 4.39 Å². The SMILES string of the molecule is C[C@@H]1Cc2c(ccc3c2cnn3C2CCCCO2)C(c2ccc(Br)cn2)N1CC1(F)CC1. The highest BCUT2D eigenvalue weighted by molar-refractivity contribution is 9.10. The second-order valence-corrected chi connectivity index (χ2v) is 10.6. The summed E-state index contributed by atoms with van der Waals surface area (Å²) in [6.45, 7) is 3.47. The van der Waals surface area contributed by atoms with E-state index in [1.807, 2.05) is 18.5 Å². The van der Waals surface area contributed by atoms with Gasteiger partial charge in [-0.1, -0.05) is 6.07 Å². The highest BCUT2D eigenvalue weighted by atomic mass is 79.9. The summed E-state index contributed by atoms with van der Waals surface area (Å²) in [5.41, 5.74) is 3.58. The summed E-state index contributed by atoms with van der Waals surface area (Å²) in [7, 11) is 0. The summed E-state index contributed by atoms with van der Waals surface area (Å²) in [4.78, 5) is 7.07. The molecule has 2 aliphatic heterocycles. The van der Waals surface area contributed by atoms with Crippen LogP contribution in [-0.4, -0.2) is 44.5 Å². The zero-order valence-electron chi connectivity index (χ0n) is 18.3. The third-order valence-electron chi connectivity index (χ3n) is 7.34. The number of halogens is 2. The van der Waals surface area contributed by atoms with E-state index in [1.54, 1.807) is 0 Å². The van der Waals surface area contributed by atoms with Gasteiger partial charge in [0.05, 0.1) is 23.4 Å². The standard InChI is InChI=1S/C25H28BrFN4O/c1-16-12-19-18(6-8-22-20(19)14-29-31(22)23-4-2-3-11-32-23)24(21-7-5-17(26)13-28-21)30(16)15-25(27)9-10-25/h5-8,13-14,16,23-24H,2-4,9-12,15H2,1H3/t16-,23?,24?/m1/s1. The molecule has 1 saturated carbocycles. The third kappa shape index (κ3) is 3.58. The Kier molecular flexibility index (Phi) is 5.12. The van der Waals surface area contributed by atoms with Crippen LogP contribution in [0.15, 0.2) is 41.1 Å². The van der Waals surface area contributed by atoms with E-state index in [9.17, 15) is 4.39 Å². The van der Waals surface area contributed by atoms with Crippen molar-refractivity contribution in [3.8, 4) is 0 Å². The number of nitrogens with zero attached hydrogens (tertiary/aromatic N) is 4. The lowest BCUT2D eigenvalue weighted by Crippen LogP contribution is -2.46. The van der Waals surface area contributed by atoms with Crippen LogP contribution in [0.5, 0.6) is 0 Å². The van der Waals surface area contributed by atoms with Gasteiger partial charge in [0.2, 0.25) is 0 Å². The predicted molar refractivity (Wildman–Crippen MR) is 125 cm³/mol. The Bertz CT molecular complexity index is 1140. The molecule has 3 atom stereocenters. The minimum atomic E-state index is -1.05. The lowest BCUT2D eigenvalue weighted by Gasteiger charge is -2.42. The van der Waals surface area contributed by atoms with E-state index in [2.05, 4.69) is 50.6 Å².